The number of allylic oxidation sites excluding steroid dienone is 4. The van der Waals surface area contributed by atoms with Gasteiger partial charge in [0.2, 0.25) is 0 Å². The maximum Gasteiger partial charge on any atom is 0.0811 e. The highest BCUT2D eigenvalue weighted by Gasteiger charge is 2.51. The molecule has 4 aliphatic carbocycles. The lowest BCUT2D eigenvalue weighted by molar-refractivity contribution is 0.0862. The van der Waals surface area contributed by atoms with Gasteiger partial charge in [0.15, 0.2) is 0 Å². The maximum absolute atomic E-state index is 10.9. The van der Waals surface area contributed by atoms with Crippen LogP contribution in [0.15, 0.2) is 47.6 Å². The first kappa shape index (κ1) is 25.9. The number of aliphatic hydroxyl groups excluding tert-OH is 3. The summed E-state index contributed by atoms with van der Waals surface area (Å²) in [5.41, 5.74) is 3.79. The van der Waals surface area contributed by atoms with Gasteiger partial charge in [-0.3, -0.25) is 0 Å². The van der Waals surface area contributed by atoms with Crippen molar-refractivity contribution in [2.24, 2.45) is 28.6 Å². The second-order valence-corrected chi connectivity index (χ2v) is 12.3. The van der Waals surface area contributed by atoms with Gasteiger partial charge in [-0.15, -0.1) is 0 Å². The first-order valence-corrected chi connectivity index (χ1v) is 14.0. The molecule has 0 aromatic carbocycles. The zero-order valence-corrected chi connectivity index (χ0v) is 21.8. The normalized spacial score (nSPS) is 39.5. The Morgan fingerprint density at radius 1 is 1.12 bits per heavy atom. The summed E-state index contributed by atoms with van der Waals surface area (Å²) in [6.45, 7) is 11.2. The Bertz CT molecular complexity index is 832. The molecule has 4 saturated carbocycles. The zero-order valence-electron chi connectivity index (χ0n) is 21.8. The van der Waals surface area contributed by atoms with Gasteiger partial charge in [-0.2, -0.15) is 0 Å². The Labute approximate surface area is 207 Å². The number of fused-ring (bicyclic) bond motifs is 1. The summed E-state index contributed by atoms with van der Waals surface area (Å²) in [5, 5.41) is 31.2. The van der Waals surface area contributed by atoms with Crippen LogP contribution in [0.1, 0.15) is 97.8 Å². The van der Waals surface area contributed by atoms with Gasteiger partial charge in [0.25, 0.3) is 0 Å². The van der Waals surface area contributed by atoms with Crippen LogP contribution in [0.25, 0.3) is 0 Å². The van der Waals surface area contributed by atoms with Crippen LogP contribution in [0.2, 0.25) is 0 Å². The summed E-state index contributed by atoms with van der Waals surface area (Å²) in [7, 11) is 0. The van der Waals surface area contributed by atoms with Crippen LogP contribution < -0.4 is 0 Å². The van der Waals surface area contributed by atoms with E-state index in [0.29, 0.717) is 36.0 Å². The molecule has 190 valence electrons. The molecular formula is C31H48O3. The van der Waals surface area contributed by atoms with Crippen LogP contribution in [0.5, 0.6) is 0 Å². The summed E-state index contributed by atoms with van der Waals surface area (Å²) in [4.78, 5) is 0. The van der Waals surface area contributed by atoms with E-state index in [2.05, 4.69) is 51.7 Å². The molecule has 0 bridgehead atoms. The van der Waals surface area contributed by atoms with Gasteiger partial charge in [0, 0.05) is 6.42 Å². The van der Waals surface area contributed by atoms with Crippen molar-refractivity contribution >= 4 is 0 Å². The first-order valence-electron chi connectivity index (χ1n) is 14.0. The molecule has 4 rings (SSSR count). The first-order chi connectivity index (χ1) is 16.2. The summed E-state index contributed by atoms with van der Waals surface area (Å²) in [5.74, 6) is 1.74. The molecule has 34 heavy (non-hydrogen) atoms. The standard InChI is InChI=1S/C31H48O3/c1-5-6-16-31(17-18-31)29(34)14-9-21(2)26-12-13-27-23(8-7-15-30(26,27)4)10-11-24-19-25(32)20-28(33)22(24)3/h9-11,14,21,25-29,32-34H,3,5-8,12-13,15-20H2,1-2,4H3/b14-9+,23-10+,24-11-/t21-,25-,26-,27+,28+,29-,30-/m1/s1. The Morgan fingerprint density at radius 2 is 1.88 bits per heavy atom. The number of rotatable bonds is 8. The molecule has 3 heteroatoms. The fourth-order valence-corrected chi connectivity index (χ4v) is 7.61. The van der Waals surface area contributed by atoms with E-state index in [1.54, 1.807) is 5.57 Å². The molecule has 0 aliphatic heterocycles. The number of hydrogen-bond acceptors (Lipinski definition) is 3. The van der Waals surface area contributed by atoms with Crippen LogP contribution in [0, 0.1) is 28.6 Å². The predicted octanol–water partition coefficient (Wildman–Crippen LogP) is 6.65. The van der Waals surface area contributed by atoms with Gasteiger partial charge < -0.3 is 15.3 Å². The van der Waals surface area contributed by atoms with Crippen molar-refractivity contribution in [3.63, 3.8) is 0 Å². The van der Waals surface area contributed by atoms with Gasteiger partial charge in [0.1, 0.15) is 0 Å². The van der Waals surface area contributed by atoms with Crippen molar-refractivity contribution in [1.82, 2.24) is 0 Å². The Balaban J connectivity index is 1.44. The maximum atomic E-state index is 10.9. The van der Waals surface area contributed by atoms with Crippen LogP contribution in [0.4, 0.5) is 0 Å². The molecule has 0 spiro atoms. The molecule has 7 atom stereocenters. The van der Waals surface area contributed by atoms with Crippen LogP contribution in [-0.2, 0) is 0 Å². The number of unbranched alkanes of at least 4 members (excludes halogenated alkanes) is 1. The quantitative estimate of drug-likeness (QED) is 0.349. The van der Waals surface area contributed by atoms with E-state index in [4.69, 9.17) is 0 Å². The minimum Gasteiger partial charge on any atom is -0.393 e. The van der Waals surface area contributed by atoms with E-state index >= 15 is 0 Å². The van der Waals surface area contributed by atoms with E-state index in [9.17, 15) is 15.3 Å². The lowest BCUT2D eigenvalue weighted by Crippen LogP contribution is -2.35. The lowest BCUT2D eigenvalue weighted by Gasteiger charge is -2.44. The molecule has 4 fully saturated rings. The smallest absolute Gasteiger partial charge is 0.0811 e. The molecule has 0 aromatic rings. The summed E-state index contributed by atoms with van der Waals surface area (Å²) in [6, 6.07) is 0. The molecule has 0 unspecified atom stereocenters. The Hall–Kier alpha value is -1.16. The summed E-state index contributed by atoms with van der Waals surface area (Å²) in [6.07, 6.45) is 20.6. The van der Waals surface area contributed by atoms with Crippen LogP contribution in [-0.4, -0.2) is 33.6 Å². The molecule has 0 amide bonds. The van der Waals surface area contributed by atoms with E-state index in [-0.39, 0.29) is 11.5 Å². The lowest BCUT2D eigenvalue weighted by atomic mass is 9.61. The third-order valence-electron chi connectivity index (χ3n) is 10.1. The fourth-order valence-electron chi connectivity index (χ4n) is 7.61. The highest BCUT2D eigenvalue weighted by atomic mass is 16.3. The Kier molecular flexibility index (Phi) is 7.96. The second-order valence-electron chi connectivity index (χ2n) is 12.3. The van der Waals surface area contributed by atoms with E-state index < -0.39 is 12.2 Å². The van der Waals surface area contributed by atoms with E-state index in [0.717, 1.165) is 24.0 Å². The van der Waals surface area contributed by atoms with Gasteiger partial charge >= 0.3 is 0 Å². The summed E-state index contributed by atoms with van der Waals surface area (Å²) >= 11 is 0. The molecule has 0 saturated heterocycles. The van der Waals surface area contributed by atoms with Crippen molar-refractivity contribution in [2.75, 3.05) is 0 Å². The Morgan fingerprint density at radius 3 is 2.59 bits per heavy atom. The number of hydrogen-bond donors (Lipinski definition) is 3. The van der Waals surface area contributed by atoms with Gasteiger partial charge in [-0.05, 0) is 97.5 Å². The highest BCUT2D eigenvalue weighted by molar-refractivity contribution is 5.38. The molecule has 0 radical (unpaired) electrons. The van der Waals surface area contributed by atoms with Crippen molar-refractivity contribution in [2.45, 2.75) is 116 Å². The molecule has 0 heterocycles. The third kappa shape index (κ3) is 5.18. The zero-order chi connectivity index (χ0) is 24.5. The number of aliphatic hydroxyl groups is 3. The fraction of sp³-hybridized carbons (Fsp3) is 0.742. The van der Waals surface area contributed by atoms with Crippen LogP contribution >= 0.6 is 0 Å². The molecule has 3 N–H and O–H groups in total. The molecule has 3 nitrogen and oxygen atoms in total. The average molecular weight is 469 g/mol. The minimum atomic E-state index is -0.624. The molecule has 0 aromatic heterocycles. The van der Waals surface area contributed by atoms with Crippen molar-refractivity contribution in [1.29, 1.82) is 0 Å². The monoisotopic (exact) mass is 468 g/mol. The summed E-state index contributed by atoms with van der Waals surface area (Å²) < 4.78 is 0. The molecule has 4 aliphatic rings. The third-order valence-corrected chi connectivity index (χ3v) is 10.1. The minimum absolute atomic E-state index is 0.173. The highest BCUT2D eigenvalue weighted by Crippen LogP contribution is 2.60. The SMILES string of the molecule is C=C1/C(=C\C=C2/CCC[C@]3(C)[C@@H]([C@H](C)/C=C/[C@@H](O)C4(CCCC)CC4)CC[C@@H]23)C[C@@H](O)C[C@@H]1O. The predicted molar refractivity (Wildman–Crippen MR) is 140 cm³/mol. The van der Waals surface area contributed by atoms with E-state index in [1.165, 1.54) is 51.4 Å². The molecular weight excluding hydrogens is 420 g/mol. The van der Waals surface area contributed by atoms with Crippen molar-refractivity contribution in [3.05, 3.63) is 47.6 Å². The van der Waals surface area contributed by atoms with Gasteiger partial charge in [-0.25, -0.2) is 0 Å². The van der Waals surface area contributed by atoms with Gasteiger partial charge in [0.05, 0.1) is 18.3 Å². The second kappa shape index (κ2) is 10.4. The van der Waals surface area contributed by atoms with E-state index in [1.807, 2.05) is 0 Å². The topological polar surface area (TPSA) is 60.7 Å². The van der Waals surface area contributed by atoms with Crippen molar-refractivity contribution in [3.8, 4) is 0 Å². The van der Waals surface area contributed by atoms with Gasteiger partial charge in [-0.1, -0.05) is 70.1 Å². The van der Waals surface area contributed by atoms with Crippen molar-refractivity contribution < 1.29 is 15.3 Å². The van der Waals surface area contributed by atoms with Crippen LogP contribution in [0.3, 0.4) is 0 Å². The largest absolute Gasteiger partial charge is 0.393 e. The average Bonchev–Trinajstić information content (AvgIpc) is 3.51.